The predicted octanol–water partition coefficient (Wildman–Crippen LogP) is 3.71. The number of carboxylic acids is 1. The Kier molecular flexibility index (Phi) is 19.4. The van der Waals surface area contributed by atoms with Crippen LogP contribution in [0.25, 0.3) is 0 Å². The van der Waals surface area contributed by atoms with Crippen molar-refractivity contribution in [2.24, 2.45) is 0 Å². The normalized spacial score (nSPS) is 12.4. The first-order valence-electron chi connectivity index (χ1n) is 9.47. The van der Waals surface area contributed by atoms with Crippen LogP contribution >= 0.6 is 0 Å². The second kappa shape index (κ2) is 19.9. The summed E-state index contributed by atoms with van der Waals surface area (Å²) in [6.07, 6.45) is 9.25. The molecule has 0 saturated carbocycles. The molecular formula is C21H32O8. The van der Waals surface area contributed by atoms with Gasteiger partial charge in [-0.1, -0.05) is 39.5 Å². The van der Waals surface area contributed by atoms with Crippen LogP contribution in [0.2, 0.25) is 0 Å². The smallest absolute Gasteiger partial charge is 0.333 e. The zero-order valence-corrected chi connectivity index (χ0v) is 17.1. The fraction of sp³-hybridized carbons (Fsp3) is 0.524. The number of carbonyl (C=O) groups excluding carboxylic acids is 3. The van der Waals surface area contributed by atoms with E-state index in [0.717, 1.165) is 56.8 Å². The van der Waals surface area contributed by atoms with Gasteiger partial charge in [-0.2, -0.15) is 0 Å². The summed E-state index contributed by atoms with van der Waals surface area (Å²) in [7, 11) is 0. The monoisotopic (exact) mass is 412 g/mol. The molecule has 0 aromatic heterocycles. The zero-order valence-electron chi connectivity index (χ0n) is 17.1. The van der Waals surface area contributed by atoms with Gasteiger partial charge < -0.3 is 19.3 Å². The highest BCUT2D eigenvalue weighted by Crippen LogP contribution is 2.09. The van der Waals surface area contributed by atoms with Crippen molar-refractivity contribution in [3.05, 3.63) is 38.0 Å². The third-order valence-corrected chi connectivity index (χ3v) is 3.33. The molecule has 1 fully saturated rings. The van der Waals surface area contributed by atoms with Gasteiger partial charge in [-0.25, -0.2) is 14.4 Å². The molecule has 0 unspecified atom stereocenters. The van der Waals surface area contributed by atoms with Crippen LogP contribution in [0.15, 0.2) is 38.0 Å². The molecule has 0 atom stereocenters. The average Bonchev–Trinajstić information content (AvgIpc) is 2.96. The number of esters is 3. The zero-order chi connectivity index (χ0) is 22.5. The molecule has 1 aliphatic heterocycles. The summed E-state index contributed by atoms with van der Waals surface area (Å²) in [6, 6.07) is 0. The van der Waals surface area contributed by atoms with Crippen molar-refractivity contribution in [3.8, 4) is 0 Å². The van der Waals surface area contributed by atoms with E-state index in [9.17, 15) is 19.2 Å². The van der Waals surface area contributed by atoms with E-state index in [1.54, 1.807) is 0 Å². The Morgan fingerprint density at radius 3 is 2.03 bits per heavy atom. The van der Waals surface area contributed by atoms with Crippen molar-refractivity contribution >= 4 is 23.9 Å². The van der Waals surface area contributed by atoms with Crippen LogP contribution in [0.3, 0.4) is 0 Å². The second-order valence-electron chi connectivity index (χ2n) is 5.78. The van der Waals surface area contributed by atoms with E-state index < -0.39 is 24.2 Å². The summed E-state index contributed by atoms with van der Waals surface area (Å²) in [4.78, 5) is 41.6. The van der Waals surface area contributed by atoms with Crippen molar-refractivity contribution in [3.63, 3.8) is 0 Å². The number of aliphatic carboxylic acids is 1. The van der Waals surface area contributed by atoms with E-state index >= 15 is 0 Å². The molecule has 0 spiro atoms. The first-order valence-corrected chi connectivity index (χ1v) is 9.47. The van der Waals surface area contributed by atoms with Gasteiger partial charge >= 0.3 is 23.9 Å². The molecule has 0 aliphatic carbocycles. The summed E-state index contributed by atoms with van der Waals surface area (Å²) >= 11 is 0. The largest absolute Gasteiger partial charge is 0.478 e. The number of carbonyl (C=O) groups is 4. The molecule has 0 aromatic carbocycles. The lowest BCUT2D eigenvalue weighted by Crippen LogP contribution is -2.23. The van der Waals surface area contributed by atoms with Gasteiger partial charge in [0.2, 0.25) is 6.29 Å². The Morgan fingerprint density at radius 1 is 1.03 bits per heavy atom. The summed E-state index contributed by atoms with van der Waals surface area (Å²) in [6.45, 7) is 12.2. The van der Waals surface area contributed by atoms with E-state index in [0.29, 0.717) is 19.4 Å². The van der Waals surface area contributed by atoms with Crippen LogP contribution in [0.5, 0.6) is 0 Å². The molecule has 0 aromatic rings. The van der Waals surface area contributed by atoms with Gasteiger partial charge in [-0.15, -0.1) is 0 Å². The lowest BCUT2D eigenvalue weighted by molar-refractivity contribution is -0.182. The maximum absolute atomic E-state index is 11.0. The molecule has 0 amide bonds. The SMILES string of the molecule is C=CC(=O)O.C=CC(=O)OC(CCCCC)OC(=O)C=C.O=C1CCCCCO1. The number of hydrogen-bond acceptors (Lipinski definition) is 7. The number of carboxylic acid groups (broad SMARTS) is 1. The van der Waals surface area contributed by atoms with Crippen molar-refractivity contribution in [2.45, 2.75) is 64.6 Å². The predicted molar refractivity (Wildman–Crippen MR) is 108 cm³/mol. The highest BCUT2D eigenvalue weighted by atomic mass is 16.7. The first-order chi connectivity index (χ1) is 13.8. The maximum Gasteiger partial charge on any atom is 0.333 e. The number of rotatable bonds is 9. The Balaban J connectivity index is 0. The third-order valence-electron chi connectivity index (χ3n) is 3.33. The van der Waals surface area contributed by atoms with Gasteiger partial charge in [-0.05, 0) is 25.7 Å². The van der Waals surface area contributed by atoms with E-state index in [1.165, 1.54) is 0 Å². The van der Waals surface area contributed by atoms with Crippen molar-refractivity contribution in [2.75, 3.05) is 6.61 Å². The standard InChI is InChI=1S/C12H18O4.C6H10O2.C3H4O2/c1-4-7-8-9-12(15-10(13)5-2)16-11(14)6-3;7-6-4-2-1-3-5-8-6;1-2-3(4)5/h5-6,12H,2-4,7-9H2,1H3;1-5H2;2H,1H2,(H,4,5). The van der Waals surface area contributed by atoms with E-state index in [-0.39, 0.29) is 5.97 Å². The molecule has 8 nitrogen and oxygen atoms in total. The van der Waals surface area contributed by atoms with Crippen molar-refractivity contribution in [1.29, 1.82) is 0 Å². The Labute approximate surface area is 172 Å². The Morgan fingerprint density at radius 2 is 1.59 bits per heavy atom. The van der Waals surface area contributed by atoms with Gasteiger partial charge in [0.25, 0.3) is 0 Å². The van der Waals surface area contributed by atoms with Crippen LogP contribution in [0.1, 0.15) is 58.3 Å². The molecule has 29 heavy (non-hydrogen) atoms. The number of cyclic esters (lactones) is 1. The maximum atomic E-state index is 11.0. The average molecular weight is 412 g/mol. The van der Waals surface area contributed by atoms with Crippen LogP contribution in [0, 0.1) is 0 Å². The van der Waals surface area contributed by atoms with Crippen LogP contribution < -0.4 is 0 Å². The highest BCUT2D eigenvalue weighted by Gasteiger charge is 2.15. The Hall–Kier alpha value is -2.90. The molecule has 1 rings (SSSR count). The van der Waals surface area contributed by atoms with Gasteiger partial charge in [0.15, 0.2) is 0 Å². The molecule has 0 bridgehead atoms. The third kappa shape index (κ3) is 21.3. The minimum absolute atomic E-state index is 0.0255. The number of ether oxygens (including phenoxy) is 3. The fourth-order valence-electron chi connectivity index (χ4n) is 1.86. The first kappa shape index (κ1) is 28.3. The van der Waals surface area contributed by atoms with Crippen LogP contribution in [-0.2, 0) is 33.4 Å². The summed E-state index contributed by atoms with van der Waals surface area (Å²) in [5.74, 6) is -2.20. The molecule has 1 saturated heterocycles. The summed E-state index contributed by atoms with van der Waals surface area (Å²) in [5, 5.41) is 7.60. The van der Waals surface area contributed by atoms with Gasteiger partial charge in [0.1, 0.15) is 0 Å². The minimum atomic E-state index is -0.981. The van der Waals surface area contributed by atoms with E-state index in [4.69, 9.17) is 19.3 Å². The summed E-state index contributed by atoms with van der Waals surface area (Å²) < 4.78 is 14.5. The lowest BCUT2D eigenvalue weighted by Gasteiger charge is -2.16. The van der Waals surface area contributed by atoms with Crippen molar-refractivity contribution < 1.29 is 38.5 Å². The molecule has 1 heterocycles. The van der Waals surface area contributed by atoms with Gasteiger partial charge in [-0.3, -0.25) is 4.79 Å². The molecule has 164 valence electrons. The van der Waals surface area contributed by atoms with E-state index in [1.807, 2.05) is 0 Å². The Bertz CT molecular complexity index is 507. The van der Waals surface area contributed by atoms with E-state index in [2.05, 4.69) is 26.7 Å². The highest BCUT2D eigenvalue weighted by molar-refractivity contribution is 5.83. The molecule has 1 N–H and O–H groups in total. The topological polar surface area (TPSA) is 116 Å². The van der Waals surface area contributed by atoms with Crippen molar-refractivity contribution in [1.82, 2.24) is 0 Å². The van der Waals surface area contributed by atoms with Crippen LogP contribution in [0.4, 0.5) is 0 Å². The number of unbranched alkanes of at least 4 members (excludes halogenated alkanes) is 2. The summed E-state index contributed by atoms with van der Waals surface area (Å²) in [5.41, 5.74) is 0. The quantitative estimate of drug-likeness (QED) is 0.264. The molecular weight excluding hydrogens is 380 g/mol. The fourth-order valence-corrected chi connectivity index (χ4v) is 1.86. The van der Waals surface area contributed by atoms with Gasteiger partial charge in [0.05, 0.1) is 6.61 Å². The lowest BCUT2D eigenvalue weighted by atomic mass is 10.2. The molecule has 0 radical (unpaired) electrons. The molecule has 8 heteroatoms. The number of hydrogen-bond donors (Lipinski definition) is 1. The second-order valence-corrected chi connectivity index (χ2v) is 5.78. The van der Waals surface area contributed by atoms with Gasteiger partial charge in [0, 0.05) is 31.1 Å². The van der Waals surface area contributed by atoms with Crippen LogP contribution in [-0.4, -0.2) is 41.9 Å². The molecule has 1 aliphatic rings. The minimum Gasteiger partial charge on any atom is -0.478 e.